The van der Waals surface area contributed by atoms with E-state index in [1.807, 2.05) is 37.3 Å². The Morgan fingerprint density at radius 2 is 2.04 bits per heavy atom. The van der Waals surface area contributed by atoms with Gasteiger partial charge < -0.3 is 10.1 Å². The van der Waals surface area contributed by atoms with Crippen LogP contribution in [-0.2, 0) is 4.79 Å². The highest BCUT2D eigenvalue weighted by atomic mass is 127. The molecule has 0 bridgehead atoms. The number of hydrogen-bond acceptors (Lipinski definition) is 4. The van der Waals surface area contributed by atoms with Gasteiger partial charge in [-0.25, -0.2) is 5.43 Å². The first kappa shape index (κ1) is 20.4. The Morgan fingerprint density at radius 3 is 2.77 bits per heavy atom. The first-order chi connectivity index (χ1) is 12.5. The average molecular weight is 530 g/mol. The maximum atomic E-state index is 12.1. The van der Waals surface area contributed by atoms with Crippen LogP contribution >= 0.6 is 38.5 Å². The van der Waals surface area contributed by atoms with Crippen LogP contribution in [0.1, 0.15) is 22.8 Å². The molecule has 0 aromatic heterocycles. The lowest BCUT2D eigenvalue weighted by molar-refractivity contribution is -0.120. The molecule has 2 N–H and O–H groups in total. The maximum Gasteiger partial charge on any atom is 0.259 e. The lowest BCUT2D eigenvalue weighted by Crippen LogP contribution is -2.35. The first-order valence-corrected chi connectivity index (χ1v) is 9.65. The Bertz CT molecular complexity index is 827. The SMILES string of the molecule is CCOc1ccc(Br)cc1/C=N/NC(=O)CNC(=O)c1ccccc1I. The number of benzene rings is 2. The zero-order chi connectivity index (χ0) is 18.9. The van der Waals surface area contributed by atoms with Crippen molar-refractivity contribution < 1.29 is 14.3 Å². The van der Waals surface area contributed by atoms with Crippen molar-refractivity contribution in [3.05, 3.63) is 61.6 Å². The highest BCUT2D eigenvalue weighted by Gasteiger charge is 2.10. The van der Waals surface area contributed by atoms with Gasteiger partial charge in [-0.1, -0.05) is 28.1 Å². The fourth-order valence-corrected chi connectivity index (χ4v) is 3.03. The summed E-state index contributed by atoms with van der Waals surface area (Å²) < 4.78 is 7.20. The fourth-order valence-electron chi connectivity index (χ4n) is 2.02. The van der Waals surface area contributed by atoms with Crippen molar-refractivity contribution in [2.24, 2.45) is 5.10 Å². The van der Waals surface area contributed by atoms with Gasteiger partial charge in [-0.2, -0.15) is 5.10 Å². The number of hydrogen-bond donors (Lipinski definition) is 2. The van der Waals surface area contributed by atoms with E-state index < -0.39 is 5.91 Å². The molecule has 8 heteroatoms. The Kier molecular flexibility index (Phi) is 8.05. The molecule has 0 heterocycles. The maximum absolute atomic E-state index is 12.1. The molecule has 6 nitrogen and oxygen atoms in total. The molecule has 0 saturated heterocycles. The number of nitrogens with zero attached hydrogens (tertiary/aromatic N) is 1. The van der Waals surface area contributed by atoms with Crippen LogP contribution in [0.25, 0.3) is 0 Å². The van der Waals surface area contributed by atoms with Crippen molar-refractivity contribution in [3.8, 4) is 5.75 Å². The summed E-state index contributed by atoms with van der Waals surface area (Å²) >= 11 is 5.46. The molecule has 0 unspecified atom stereocenters. The molecule has 136 valence electrons. The normalized spacial score (nSPS) is 10.6. The minimum absolute atomic E-state index is 0.169. The summed E-state index contributed by atoms with van der Waals surface area (Å²) in [6.45, 7) is 2.25. The van der Waals surface area contributed by atoms with Crippen LogP contribution in [0.3, 0.4) is 0 Å². The van der Waals surface area contributed by atoms with E-state index in [2.05, 4.69) is 54.4 Å². The molecule has 2 aromatic rings. The summed E-state index contributed by atoms with van der Waals surface area (Å²) in [4.78, 5) is 23.9. The largest absolute Gasteiger partial charge is 0.493 e. The summed E-state index contributed by atoms with van der Waals surface area (Å²) in [7, 11) is 0. The van der Waals surface area contributed by atoms with Gasteiger partial charge in [-0.15, -0.1) is 0 Å². The predicted molar refractivity (Wildman–Crippen MR) is 113 cm³/mol. The number of halogens is 2. The number of hydrazone groups is 1. The van der Waals surface area contributed by atoms with E-state index >= 15 is 0 Å². The molecule has 0 aliphatic rings. The van der Waals surface area contributed by atoms with E-state index in [9.17, 15) is 9.59 Å². The zero-order valence-electron chi connectivity index (χ0n) is 14.0. The average Bonchev–Trinajstić information content (AvgIpc) is 2.62. The van der Waals surface area contributed by atoms with E-state index in [0.29, 0.717) is 17.9 Å². The van der Waals surface area contributed by atoms with Crippen LogP contribution < -0.4 is 15.5 Å². The molecule has 0 atom stereocenters. The fraction of sp³-hybridized carbons (Fsp3) is 0.167. The van der Waals surface area contributed by atoms with Crippen LogP contribution in [-0.4, -0.2) is 31.2 Å². The lowest BCUT2D eigenvalue weighted by atomic mass is 10.2. The van der Waals surface area contributed by atoms with E-state index in [1.165, 1.54) is 6.21 Å². The van der Waals surface area contributed by atoms with Gasteiger partial charge in [0.25, 0.3) is 11.8 Å². The molecule has 0 aliphatic heterocycles. The van der Waals surface area contributed by atoms with Crippen LogP contribution in [0.5, 0.6) is 5.75 Å². The molecule has 26 heavy (non-hydrogen) atoms. The van der Waals surface area contributed by atoms with Crippen molar-refractivity contribution in [2.45, 2.75) is 6.92 Å². The second kappa shape index (κ2) is 10.3. The van der Waals surface area contributed by atoms with Gasteiger partial charge in [0.05, 0.1) is 24.9 Å². The molecule has 0 fully saturated rings. The van der Waals surface area contributed by atoms with Crippen molar-refractivity contribution in [3.63, 3.8) is 0 Å². The molecule has 0 spiro atoms. The van der Waals surface area contributed by atoms with Crippen molar-refractivity contribution in [1.82, 2.24) is 10.7 Å². The second-order valence-corrected chi connectivity index (χ2v) is 7.15. The molecule has 0 saturated carbocycles. The number of nitrogens with one attached hydrogen (secondary N) is 2. The number of carbonyl (C=O) groups is 2. The van der Waals surface area contributed by atoms with E-state index in [1.54, 1.807) is 12.1 Å². The van der Waals surface area contributed by atoms with E-state index in [-0.39, 0.29) is 12.5 Å². The van der Waals surface area contributed by atoms with Crippen LogP contribution in [0.4, 0.5) is 0 Å². The Balaban J connectivity index is 1.89. The number of rotatable bonds is 7. The van der Waals surface area contributed by atoms with Crippen molar-refractivity contribution in [1.29, 1.82) is 0 Å². The zero-order valence-corrected chi connectivity index (χ0v) is 17.7. The molecule has 2 rings (SSSR count). The monoisotopic (exact) mass is 529 g/mol. The molecule has 0 radical (unpaired) electrons. The minimum Gasteiger partial charge on any atom is -0.493 e. The smallest absolute Gasteiger partial charge is 0.259 e. The number of ether oxygens (including phenoxy) is 1. The molecule has 2 aromatic carbocycles. The lowest BCUT2D eigenvalue weighted by Gasteiger charge is -2.07. The highest BCUT2D eigenvalue weighted by molar-refractivity contribution is 14.1. The van der Waals surface area contributed by atoms with Gasteiger partial charge in [-0.3, -0.25) is 9.59 Å². The minimum atomic E-state index is -0.423. The third kappa shape index (κ3) is 6.10. The summed E-state index contributed by atoms with van der Waals surface area (Å²) in [6, 6.07) is 12.7. The molecule has 2 amide bonds. The van der Waals surface area contributed by atoms with Gasteiger partial charge in [0, 0.05) is 13.6 Å². The molecular formula is C18H17BrIN3O3. The Morgan fingerprint density at radius 1 is 1.27 bits per heavy atom. The third-order valence-corrected chi connectivity index (χ3v) is 4.63. The number of carbonyl (C=O) groups excluding carboxylic acids is 2. The second-order valence-electron chi connectivity index (χ2n) is 5.07. The third-order valence-electron chi connectivity index (χ3n) is 3.19. The van der Waals surface area contributed by atoms with Gasteiger partial charge in [-0.05, 0) is 59.8 Å². The topological polar surface area (TPSA) is 79.8 Å². The van der Waals surface area contributed by atoms with Gasteiger partial charge in [0.2, 0.25) is 0 Å². The summed E-state index contributed by atoms with van der Waals surface area (Å²) in [5.74, 6) is -0.0612. The van der Waals surface area contributed by atoms with Crippen LogP contribution in [0.2, 0.25) is 0 Å². The summed E-state index contributed by atoms with van der Waals surface area (Å²) in [5.41, 5.74) is 3.64. The first-order valence-electron chi connectivity index (χ1n) is 7.78. The van der Waals surface area contributed by atoms with E-state index in [4.69, 9.17) is 4.74 Å². The molecular weight excluding hydrogens is 513 g/mol. The highest BCUT2D eigenvalue weighted by Crippen LogP contribution is 2.21. The van der Waals surface area contributed by atoms with Gasteiger partial charge in [0.15, 0.2) is 0 Å². The quantitative estimate of drug-likeness (QED) is 0.328. The standard InChI is InChI=1S/C18H17BrIN3O3/c1-2-26-16-8-7-13(19)9-12(16)10-22-23-17(24)11-21-18(25)14-5-3-4-6-15(14)20/h3-10H,2,11H2,1H3,(H,21,25)(H,23,24)/b22-10+. The summed E-state index contributed by atoms with van der Waals surface area (Å²) in [6.07, 6.45) is 1.50. The van der Waals surface area contributed by atoms with Gasteiger partial charge in [0.1, 0.15) is 5.75 Å². The number of amides is 2. The predicted octanol–water partition coefficient (Wildman–Crippen LogP) is 3.33. The van der Waals surface area contributed by atoms with E-state index in [0.717, 1.165) is 13.6 Å². The Labute approximate surface area is 173 Å². The molecule has 0 aliphatic carbocycles. The van der Waals surface area contributed by atoms with Crippen LogP contribution in [0, 0.1) is 3.57 Å². The Hall–Kier alpha value is -1.94. The van der Waals surface area contributed by atoms with Crippen molar-refractivity contribution >= 4 is 56.5 Å². The van der Waals surface area contributed by atoms with Crippen molar-refractivity contribution in [2.75, 3.05) is 13.2 Å². The summed E-state index contributed by atoms with van der Waals surface area (Å²) in [5, 5.41) is 6.48. The van der Waals surface area contributed by atoms with Gasteiger partial charge >= 0.3 is 0 Å². The van der Waals surface area contributed by atoms with Crippen LogP contribution in [0.15, 0.2) is 52.0 Å².